The van der Waals surface area contributed by atoms with Gasteiger partial charge in [0.05, 0.1) is 0 Å². The van der Waals surface area contributed by atoms with Gasteiger partial charge in [0.1, 0.15) is 0 Å². The van der Waals surface area contributed by atoms with Crippen LogP contribution in [0, 0.1) is 0 Å². The predicted octanol–water partition coefficient (Wildman–Crippen LogP) is 3.73. The van der Waals surface area contributed by atoms with Crippen molar-refractivity contribution in [3.05, 3.63) is 46.5 Å². The Hall–Kier alpha value is -0.560. The lowest BCUT2D eigenvalue weighted by atomic mass is 10.2. The molecule has 1 aliphatic rings. The van der Waals surface area contributed by atoms with Gasteiger partial charge in [0.2, 0.25) is 0 Å². The van der Waals surface area contributed by atoms with E-state index in [0.717, 1.165) is 10.9 Å². The normalized spacial score (nSPS) is 33.3. The first-order chi connectivity index (χ1) is 5.29. The monoisotopic (exact) mass is 210 g/mol. The second kappa shape index (κ2) is 4.35. The van der Waals surface area contributed by atoms with Crippen molar-refractivity contribution >= 4 is 15.9 Å². The maximum Gasteiger partial charge on any atom is 0.0174 e. The van der Waals surface area contributed by atoms with Gasteiger partial charge in [-0.2, -0.15) is 0 Å². The van der Waals surface area contributed by atoms with Gasteiger partial charge in [0.25, 0.3) is 0 Å². The molecule has 1 heteroatoms. The summed E-state index contributed by atoms with van der Waals surface area (Å²) in [6, 6.07) is 0. The van der Waals surface area contributed by atoms with Crippen LogP contribution in [-0.4, -0.2) is 0 Å². The van der Waals surface area contributed by atoms with Crippen molar-refractivity contribution in [3.63, 3.8) is 0 Å². The van der Waals surface area contributed by atoms with Crippen LogP contribution >= 0.6 is 15.9 Å². The van der Waals surface area contributed by atoms with Crippen molar-refractivity contribution in [3.8, 4) is 0 Å². The van der Waals surface area contributed by atoms with Gasteiger partial charge in [0.15, 0.2) is 0 Å². The smallest absolute Gasteiger partial charge is 0.0174 e. The molecule has 58 valence electrons. The quantitative estimate of drug-likeness (QED) is 0.572. The number of rotatable bonds is 0. The first kappa shape index (κ1) is 8.54. The Morgan fingerprint density at radius 3 is 2.91 bits per heavy atom. The van der Waals surface area contributed by atoms with Gasteiger partial charge in [0, 0.05) is 4.48 Å². The Labute approximate surface area is 76.1 Å². The summed E-state index contributed by atoms with van der Waals surface area (Å²) >= 11 is 3.45. The summed E-state index contributed by atoms with van der Waals surface area (Å²) < 4.78 is 1.13. The van der Waals surface area contributed by atoms with E-state index in [1.54, 1.807) is 0 Å². The van der Waals surface area contributed by atoms with Crippen molar-refractivity contribution in [1.82, 2.24) is 0 Å². The number of hydrogen-bond donors (Lipinski definition) is 0. The minimum atomic E-state index is 1.04. The summed E-state index contributed by atoms with van der Waals surface area (Å²) in [5, 5.41) is 0. The highest BCUT2D eigenvalue weighted by atomic mass is 79.9. The highest BCUT2D eigenvalue weighted by molar-refractivity contribution is 9.11. The maximum absolute atomic E-state index is 3.45. The zero-order valence-electron chi connectivity index (χ0n) is 6.55. The zero-order chi connectivity index (χ0) is 8.10. The molecule has 0 heterocycles. The second-order valence-corrected chi connectivity index (χ2v) is 3.48. The molecule has 0 nitrogen and oxygen atoms in total. The van der Waals surface area contributed by atoms with Crippen molar-refractivity contribution in [2.45, 2.75) is 13.3 Å². The highest BCUT2D eigenvalue weighted by Gasteiger charge is 1.88. The third-order valence-electron chi connectivity index (χ3n) is 1.44. The topological polar surface area (TPSA) is 0 Å². The summed E-state index contributed by atoms with van der Waals surface area (Å²) in [7, 11) is 0. The molecule has 0 radical (unpaired) electrons. The summed E-state index contributed by atoms with van der Waals surface area (Å²) in [6.07, 6.45) is 13.5. The molecule has 0 aromatic carbocycles. The molecule has 0 unspecified atom stereocenters. The molecule has 1 aliphatic carbocycles. The molecular weight excluding hydrogens is 200 g/mol. The lowest BCUT2D eigenvalue weighted by Crippen LogP contribution is -1.71. The van der Waals surface area contributed by atoms with E-state index in [1.165, 1.54) is 5.57 Å². The minimum Gasteiger partial charge on any atom is -0.0805 e. The van der Waals surface area contributed by atoms with Crippen LogP contribution in [0.4, 0.5) is 0 Å². The number of hydrogen-bond acceptors (Lipinski definition) is 0. The third-order valence-corrected chi connectivity index (χ3v) is 1.93. The SMILES string of the molecule is C\C1=C/C(Br)=C\C=C\C=C/C1. The van der Waals surface area contributed by atoms with Crippen LogP contribution in [-0.2, 0) is 0 Å². The Balaban J connectivity index is 2.84. The molecule has 0 aliphatic heterocycles. The first-order valence-electron chi connectivity index (χ1n) is 3.65. The van der Waals surface area contributed by atoms with Crippen LogP contribution in [0.15, 0.2) is 46.5 Å². The molecule has 0 bridgehead atoms. The van der Waals surface area contributed by atoms with Crippen LogP contribution in [0.3, 0.4) is 0 Å². The molecule has 0 saturated carbocycles. The van der Waals surface area contributed by atoms with Gasteiger partial charge in [-0.1, -0.05) is 45.8 Å². The Morgan fingerprint density at radius 2 is 2.09 bits per heavy atom. The van der Waals surface area contributed by atoms with Crippen LogP contribution in [0.25, 0.3) is 0 Å². The van der Waals surface area contributed by atoms with Crippen LogP contribution in [0.1, 0.15) is 13.3 Å². The molecule has 0 N–H and O–H groups in total. The van der Waals surface area contributed by atoms with Gasteiger partial charge in [-0.05, 0) is 25.5 Å². The van der Waals surface area contributed by atoms with Crippen LogP contribution in [0.2, 0.25) is 0 Å². The van der Waals surface area contributed by atoms with Crippen molar-refractivity contribution in [1.29, 1.82) is 0 Å². The van der Waals surface area contributed by atoms with Gasteiger partial charge >= 0.3 is 0 Å². The second-order valence-electron chi connectivity index (χ2n) is 2.56. The first-order valence-corrected chi connectivity index (χ1v) is 4.44. The maximum atomic E-state index is 3.45. The largest absolute Gasteiger partial charge is 0.0805 e. The standard InChI is InChI=1S/C10H11Br/c1-9-6-4-2-3-5-7-10(11)8-9/h2-5,7-8H,6H2,1H3/b4-2-,5-3+,9-8+,10-7+. The minimum absolute atomic E-state index is 1.04. The summed E-state index contributed by atoms with van der Waals surface area (Å²) in [5.74, 6) is 0. The molecule has 0 fully saturated rings. The van der Waals surface area contributed by atoms with Gasteiger partial charge < -0.3 is 0 Å². The van der Waals surface area contributed by atoms with Crippen LogP contribution < -0.4 is 0 Å². The molecule has 1 rings (SSSR count). The molecule has 0 spiro atoms. The molecule has 11 heavy (non-hydrogen) atoms. The molecule has 0 atom stereocenters. The summed E-state index contributed by atoms with van der Waals surface area (Å²) in [6.45, 7) is 2.13. The van der Waals surface area contributed by atoms with E-state index in [-0.39, 0.29) is 0 Å². The molecule has 0 saturated heterocycles. The molecular formula is C10H11Br. The Kier molecular flexibility index (Phi) is 3.37. The predicted molar refractivity (Wildman–Crippen MR) is 53.7 cm³/mol. The van der Waals surface area contributed by atoms with Crippen molar-refractivity contribution in [2.75, 3.05) is 0 Å². The average Bonchev–Trinajstić information content (AvgIpc) is 2.02. The van der Waals surface area contributed by atoms with E-state index in [1.807, 2.05) is 18.2 Å². The Morgan fingerprint density at radius 1 is 1.27 bits per heavy atom. The van der Waals surface area contributed by atoms with Gasteiger partial charge in [-0.15, -0.1) is 0 Å². The number of halogens is 1. The van der Waals surface area contributed by atoms with Gasteiger partial charge in [-0.3, -0.25) is 0 Å². The summed E-state index contributed by atoms with van der Waals surface area (Å²) in [5.41, 5.74) is 1.37. The fourth-order valence-electron chi connectivity index (χ4n) is 0.887. The molecule has 0 aromatic rings. The van der Waals surface area contributed by atoms with E-state index in [4.69, 9.17) is 0 Å². The van der Waals surface area contributed by atoms with Crippen molar-refractivity contribution < 1.29 is 0 Å². The van der Waals surface area contributed by atoms with E-state index < -0.39 is 0 Å². The van der Waals surface area contributed by atoms with E-state index in [9.17, 15) is 0 Å². The molecule has 0 amide bonds. The Bertz CT molecular complexity index is 242. The van der Waals surface area contributed by atoms with Crippen LogP contribution in [0.5, 0.6) is 0 Å². The highest BCUT2D eigenvalue weighted by Crippen LogP contribution is 2.13. The average molecular weight is 211 g/mol. The van der Waals surface area contributed by atoms with E-state index in [0.29, 0.717) is 0 Å². The van der Waals surface area contributed by atoms with E-state index >= 15 is 0 Å². The lowest BCUT2D eigenvalue weighted by Gasteiger charge is -1.93. The fourth-order valence-corrected chi connectivity index (χ4v) is 1.43. The van der Waals surface area contributed by atoms with Gasteiger partial charge in [-0.25, -0.2) is 0 Å². The summed E-state index contributed by atoms with van der Waals surface area (Å²) in [4.78, 5) is 0. The fraction of sp³-hybridized carbons (Fsp3) is 0.200. The third kappa shape index (κ3) is 3.38. The molecule has 0 aromatic heterocycles. The van der Waals surface area contributed by atoms with E-state index in [2.05, 4.69) is 41.1 Å². The number of allylic oxidation sites excluding steroid dienone is 8. The van der Waals surface area contributed by atoms with Crippen molar-refractivity contribution in [2.24, 2.45) is 0 Å². The lowest BCUT2D eigenvalue weighted by molar-refractivity contribution is 1.21. The zero-order valence-corrected chi connectivity index (χ0v) is 8.14.